The van der Waals surface area contributed by atoms with Crippen molar-refractivity contribution in [1.29, 1.82) is 5.26 Å². The summed E-state index contributed by atoms with van der Waals surface area (Å²) in [5.41, 5.74) is 0.279. The van der Waals surface area contributed by atoms with Gasteiger partial charge in [0.25, 0.3) is 0 Å². The first kappa shape index (κ1) is 30.6. The zero-order valence-electron chi connectivity index (χ0n) is 25.0. The van der Waals surface area contributed by atoms with Gasteiger partial charge in [0.2, 0.25) is 11.8 Å². The molecule has 0 spiro atoms. The number of benzene rings is 1. The van der Waals surface area contributed by atoms with Crippen LogP contribution in [0.4, 0.5) is 4.79 Å². The Hall–Kier alpha value is -2.89. The SMILES string of the molecule is C[C@@H](c1ccc(SOON(C)C)cc1)N1C(=O)[C@@H]2C[C@H]1CN2C[C@H](NC(=O)OC(C)(C)C)C(=O)N1[C@H](C#N)C[C@@H]2C[C@@H]21. The van der Waals surface area contributed by atoms with Crippen LogP contribution in [0.5, 0.6) is 0 Å². The Kier molecular flexibility index (Phi) is 8.74. The van der Waals surface area contributed by atoms with Crippen LogP contribution < -0.4 is 5.32 Å². The molecular formula is C29H40N6O6S. The highest BCUT2D eigenvalue weighted by Crippen LogP contribution is 2.48. The van der Waals surface area contributed by atoms with E-state index in [1.165, 1.54) is 5.06 Å². The molecule has 3 amide bonds. The van der Waals surface area contributed by atoms with E-state index in [1.54, 1.807) is 39.8 Å². The van der Waals surface area contributed by atoms with Crippen molar-refractivity contribution in [3.05, 3.63) is 29.8 Å². The van der Waals surface area contributed by atoms with Gasteiger partial charge in [-0.3, -0.25) is 14.5 Å². The number of nitrogens with one attached hydrogen (secondary N) is 1. The van der Waals surface area contributed by atoms with E-state index in [9.17, 15) is 19.6 Å². The van der Waals surface area contributed by atoms with Crippen LogP contribution >= 0.6 is 12.0 Å². The number of piperidine rings is 1. The van der Waals surface area contributed by atoms with Crippen molar-refractivity contribution in [2.75, 3.05) is 27.2 Å². The fourth-order valence-corrected chi connectivity index (χ4v) is 6.89. The van der Waals surface area contributed by atoms with Crippen LogP contribution in [0, 0.1) is 17.2 Å². The summed E-state index contributed by atoms with van der Waals surface area (Å²) >= 11 is 1.10. The zero-order valence-corrected chi connectivity index (χ0v) is 25.8. The summed E-state index contributed by atoms with van der Waals surface area (Å²) in [4.78, 5) is 51.6. The average molecular weight is 601 g/mol. The maximum Gasteiger partial charge on any atom is 0.408 e. The van der Waals surface area contributed by atoms with E-state index >= 15 is 0 Å². The third kappa shape index (κ3) is 6.53. The summed E-state index contributed by atoms with van der Waals surface area (Å²) in [6.07, 6.45) is 1.53. The van der Waals surface area contributed by atoms with E-state index in [1.807, 2.05) is 41.0 Å². The minimum atomic E-state index is -0.920. The van der Waals surface area contributed by atoms with Gasteiger partial charge in [0, 0.05) is 44.2 Å². The van der Waals surface area contributed by atoms with Gasteiger partial charge in [0.1, 0.15) is 17.7 Å². The first-order chi connectivity index (χ1) is 19.9. The summed E-state index contributed by atoms with van der Waals surface area (Å²) in [7, 11) is 3.45. The molecule has 228 valence electrons. The molecule has 3 aliphatic heterocycles. The van der Waals surface area contributed by atoms with Crippen LogP contribution in [0.1, 0.15) is 58.6 Å². The summed E-state index contributed by atoms with van der Waals surface area (Å²) < 4.78 is 10.6. The van der Waals surface area contributed by atoms with Crippen LogP contribution in [0.2, 0.25) is 0 Å². The fourth-order valence-electron chi connectivity index (χ4n) is 6.42. The molecular weight excluding hydrogens is 560 g/mol. The Morgan fingerprint density at radius 3 is 2.52 bits per heavy atom. The highest BCUT2D eigenvalue weighted by molar-refractivity contribution is 7.94. The molecule has 2 bridgehead atoms. The van der Waals surface area contributed by atoms with Crippen LogP contribution in [-0.4, -0.2) is 101 Å². The van der Waals surface area contributed by atoms with Crippen LogP contribution in [-0.2, 0) is 23.6 Å². The molecule has 1 aromatic carbocycles. The van der Waals surface area contributed by atoms with Crippen molar-refractivity contribution in [3.63, 3.8) is 0 Å². The van der Waals surface area contributed by atoms with Crippen LogP contribution in [0.15, 0.2) is 29.2 Å². The number of carbonyl (C=O) groups excluding carboxylic acids is 3. The minimum Gasteiger partial charge on any atom is -0.444 e. The van der Waals surface area contributed by atoms with Crippen molar-refractivity contribution in [2.45, 2.75) is 93.7 Å². The number of piperazine rings is 1. The molecule has 13 heteroatoms. The van der Waals surface area contributed by atoms with Crippen molar-refractivity contribution in [3.8, 4) is 6.07 Å². The van der Waals surface area contributed by atoms with Gasteiger partial charge in [-0.05, 0) is 70.6 Å². The molecule has 3 heterocycles. The summed E-state index contributed by atoms with van der Waals surface area (Å²) in [6, 6.07) is 8.20. The summed E-state index contributed by atoms with van der Waals surface area (Å²) in [5, 5.41) is 13.9. The molecule has 1 aliphatic carbocycles. The number of amides is 3. The van der Waals surface area contributed by atoms with E-state index in [2.05, 4.69) is 11.4 Å². The number of rotatable bonds is 10. The zero-order chi connectivity index (χ0) is 30.3. The third-order valence-electron chi connectivity index (χ3n) is 8.32. The van der Waals surface area contributed by atoms with Crippen molar-refractivity contribution in [2.24, 2.45) is 5.92 Å². The molecule has 4 aliphatic rings. The Morgan fingerprint density at radius 1 is 1.19 bits per heavy atom. The number of ether oxygens (including phenoxy) is 1. The molecule has 12 nitrogen and oxygen atoms in total. The molecule has 42 heavy (non-hydrogen) atoms. The number of alkyl carbamates (subject to hydrolysis) is 1. The number of nitriles is 1. The Morgan fingerprint density at radius 2 is 1.90 bits per heavy atom. The van der Waals surface area contributed by atoms with Crippen LogP contribution in [0.25, 0.3) is 0 Å². The van der Waals surface area contributed by atoms with Gasteiger partial charge >= 0.3 is 6.09 Å². The molecule has 1 aromatic rings. The standard InChI is InChI=1S/C29H40N6O6S/c1-17(18-7-9-22(10-8-18)42-41-40-32(5)6)34-21-13-25(27(34)37)33(15-21)16-23(31-28(38)39-29(2,3)4)26(36)35-20(14-30)11-19-12-24(19)35/h7-10,17,19-21,23-25H,11-13,15-16H2,1-6H3,(H,31,38)/t17-,19+,20-,21-,23-,24-,25-/m0/s1. The van der Waals surface area contributed by atoms with E-state index < -0.39 is 23.8 Å². The second kappa shape index (κ2) is 12.0. The largest absolute Gasteiger partial charge is 0.444 e. The molecule has 4 fully saturated rings. The quantitative estimate of drug-likeness (QED) is 0.243. The van der Waals surface area contributed by atoms with Crippen LogP contribution in [0.3, 0.4) is 0 Å². The molecule has 1 saturated carbocycles. The molecule has 0 unspecified atom stereocenters. The molecule has 0 radical (unpaired) electrons. The number of likely N-dealkylation sites (tertiary alicyclic amines) is 3. The monoisotopic (exact) mass is 600 g/mol. The van der Waals surface area contributed by atoms with Crippen molar-refractivity contribution >= 4 is 30.0 Å². The molecule has 3 saturated heterocycles. The topological polar surface area (TPSA) is 128 Å². The third-order valence-corrected chi connectivity index (χ3v) is 8.91. The summed E-state index contributed by atoms with van der Waals surface area (Å²) in [6.45, 7) is 8.08. The minimum absolute atomic E-state index is 0.00730. The van der Waals surface area contributed by atoms with E-state index in [-0.39, 0.29) is 42.5 Å². The fraction of sp³-hybridized carbons (Fsp3) is 0.655. The molecule has 0 aromatic heterocycles. The number of fused-ring (bicyclic) bond motifs is 3. The van der Waals surface area contributed by atoms with E-state index in [0.717, 1.165) is 28.9 Å². The van der Waals surface area contributed by atoms with Gasteiger partial charge in [-0.1, -0.05) is 12.1 Å². The predicted molar refractivity (Wildman–Crippen MR) is 153 cm³/mol. The first-order valence-electron chi connectivity index (χ1n) is 14.4. The molecule has 1 N–H and O–H groups in total. The second-order valence-corrected chi connectivity index (χ2v) is 13.6. The Labute approximate surface area is 251 Å². The molecule has 5 rings (SSSR count). The molecule has 7 atom stereocenters. The van der Waals surface area contributed by atoms with Gasteiger partial charge < -0.3 is 19.9 Å². The maximum atomic E-state index is 13.8. The van der Waals surface area contributed by atoms with Crippen molar-refractivity contribution in [1.82, 2.24) is 25.1 Å². The number of carbonyl (C=O) groups is 3. The maximum absolute atomic E-state index is 13.8. The number of hydroxylamine groups is 2. The Balaban J connectivity index is 1.24. The lowest BCUT2D eigenvalue weighted by Gasteiger charge is -2.39. The van der Waals surface area contributed by atoms with E-state index in [4.69, 9.17) is 14.1 Å². The highest BCUT2D eigenvalue weighted by atomic mass is 32.2. The smallest absolute Gasteiger partial charge is 0.408 e. The summed E-state index contributed by atoms with van der Waals surface area (Å²) in [5.74, 6) is 0.0873. The number of hydrogen-bond donors (Lipinski definition) is 1. The van der Waals surface area contributed by atoms with E-state index in [0.29, 0.717) is 25.3 Å². The lowest BCUT2D eigenvalue weighted by Crippen LogP contribution is -2.59. The Bertz CT molecular complexity index is 1230. The van der Waals surface area contributed by atoms with Gasteiger partial charge in [0.05, 0.1) is 30.2 Å². The number of nitrogens with zero attached hydrogens (tertiary/aromatic N) is 5. The average Bonchev–Trinajstić information content (AvgIpc) is 3.23. The van der Waals surface area contributed by atoms with Crippen molar-refractivity contribution < 1.29 is 28.4 Å². The predicted octanol–water partition coefficient (Wildman–Crippen LogP) is 2.87. The lowest BCUT2D eigenvalue weighted by atomic mass is 10.1. The lowest BCUT2D eigenvalue weighted by molar-refractivity contribution is -0.340. The first-order valence-corrected chi connectivity index (χ1v) is 15.2. The normalized spacial score (nSPS) is 28.0. The van der Waals surface area contributed by atoms with Gasteiger partial charge in [-0.15, -0.1) is 9.32 Å². The van der Waals surface area contributed by atoms with Gasteiger partial charge in [0.15, 0.2) is 0 Å². The van der Waals surface area contributed by atoms with Gasteiger partial charge in [-0.25, -0.2) is 4.79 Å². The number of hydrogen-bond acceptors (Lipinski definition) is 10. The van der Waals surface area contributed by atoms with Gasteiger partial charge in [-0.2, -0.15) is 10.3 Å². The highest BCUT2D eigenvalue weighted by Gasteiger charge is 2.56. The second-order valence-electron chi connectivity index (χ2n) is 12.8.